The number of sulfonamides is 1. The first-order valence-corrected chi connectivity index (χ1v) is 11.4. The van der Waals surface area contributed by atoms with Gasteiger partial charge in [-0.15, -0.1) is 0 Å². The third kappa shape index (κ3) is 7.41. The van der Waals surface area contributed by atoms with Crippen LogP contribution < -0.4 is 14.8 Å². The van der Waals surface area contributed by atoms with Crippen LogP contribution in [-0.4, -0.2) is 47.7 Å². The van der Waals surface area contributed by atoms with Crippen molar-refractivity contribution >= 4 is 15.9 Å². The van der Waals surface area contributed by atoms with E-state index in [2.05, 4.69) is 10.0 Å². The van der Waals surface area contributed by atoms with Gasteiger partial charge in [0.2, 0.25) is 15.9 Å². The molecule has 2 rings (SSSR count). The van der Waals surface area contributed by atoms with Crippen LogP contribution in [0, 0.1) is 12.8 Å². The molecule has 7 nitrogen and oxygen atoms in total. The topological polar surface area (TPSA) is 93.7 Å². The minimum absolute atomic E-state index is 0.000460. The number of ether oxygens (including phenoxy) is 2. The smallest absolute Gasteiger partial charge is 0.240 e. The summed E-state index contributed by atoms with van der Waals surface area (Å²) in [6.07, 6.45) is 6.44. The summed E-state index contributed by atoms with van der Waals surface area (Å²) in [5, 5.41) is 2.81. The fourth-order valence-electron chi connectivity index (χ4n) is 3.38. The number of amides is 1. The Bertz CT molecular complexity index is 730. The summed E-state index contributed by atoms with van der Waals surface area (Å²) >= 11 is 0. The van der Waals surface area contributed by atoms with Crippen LogP contribution in [-0.2, 0) is 19.6 Å². The number of hydrogen-bond acceptors (Lipinski definition) is 5. The molecule has 0 saturated heterocycles. The van der Waals surface area contributed by atoms with E-state index in [0.717, 1.165) is 18.4 Å². The Hall–Kier alpha value is -1.64. The molecule has 0 unspecified atom stereocenters. The molecule has 28 heavy (non-hydrogen) atoms. The molecule has 0 heterocycles. The minimum Gasteiger partial charge on any atom is -0.491 e. The van der Waals surface area contributed by atoms with Crippen molar-refractivity contribution in [2.75, 3.05) is 33.4 Å². The second-order valence-electron chi connectivity index (χ2n) is 7.22. The van der Waals surface area contributed by atoms with E-state index < -0.39 is 10.0 Å². The number of carbonyl (C=O) groups is 1. The van der Waals surface area contributed by atoms with Gasteiger partial charge in [-0.3, -0.25) is 4.79 Å². The van der Waals surface area contributed by atoms with Crippen LogP contribution >= 0.6 is 0 Å². The third-order valence-electron chi connectivity index (χ3n) is 4.94. The van der Waals surface area contributed by atoms with E-state index >= 15 is 0 Å². The highest BCUT2D eigenvalue weighted by atomic mass is 32.2. The molecule has 1 aliphatic carbocycles. The highest BCUT2D eigenvalue weighted by molar-refractivity contribution is 7.89. The molecule has 1 amide bonds. The van der Waals surface area contributed by atoms with Crippen molar-refractivity contribution in [3.8, 4) is 5.75 Å². The standard InChI is InChI=1S/C20H32N2O5S/c1-16-14-18(8-9-19(16)27-13-12-26-2)28(24,25)22-11-10-21-20(23)15-17-6-4-3-5-7-17/h8-9,14,17,22H,3-7,10-13,15H2,1-2H3,(H,21,23). The quantitative estimate of drug-likeness (QED) is 0.544. The van der Waals surface area contributed by atoms with Crippen LogP contribution in [0.3, 0.4) is 0 Å². The summed E-state index contributed by atoms with van der Waals surface area (Å²) < 4.78 is 37.9. The summed E-state index contributed by atoms with van der Waals surface area (Å²) in [7, 11) is -2.04. The maximum atomic E-state index is 12.4. The van der Waals surface area contributed by atoms with Crippen molar-refractivity contribution in [2.45, 2.75) is 50.3 Å². The maximum absolute atomic E-state index is 12.4. The molecule has 1 aliphatic rings. The Morgan fingerprint density at radius 2 is 1.89 bits per heavy atom. The fourth-order valence-corrected chi connectivity index (χ4v) is 4.50. The van der Waals surface area contributed by atoms with Crippen molar-refractivity contribution in [1.29, 1.82) is 0 Å². The molecular formula is C20H32N2O5S. The minimum atomic E-state index is -3.63. The van der Waals surface area contributed by atoms with Gasteiger partial charge in [-0.25, -0.2) is 13.1 Å². The number of carbonyl (C=O) groups excluding carboxylic acids is 1. The highest BCUT2D eigenvalue weighted by Gasteiger charge is 2.18. The van der Waals surface area contributed by atoms with Crippen LogP contribution in [0.15, 0.2) is 23.1 Å². The largest absolute Gasteiger partial charge is 0.491 e. The Kier molecular flexibility index (Phi) is 9.21. The lowest BCUT2D eigenvalue weighted by atomic mass is 9.87. The first-order chi connectivity index (χ1) is 13.4. The molecule has 1 aromatic carbocycles. The van der Waals surface area contributed by atoms with E-state index in [1.807, 2.05) is 0 Å². The zero-order valence-corrected chi connectivity index (χ0v) is 17.6. The Morgan fingerprint density at radius 3 is 2.57 bits per heavy atom. The number of hydrogen-bond donors (Lipinski definition) is 2. The number of rotatable bonds is 11. The molecule has 0 bridgehead atoms. The summed E-state index contributed by atoms with van der Waals surface area (Å²) in [5.41, 5.74) is 0.736. The maximum Gasteiger partial charge on any atom is 0.240 e. The first kappa shape index (κ1) is 22.6. The van der Waals surface area contributed by atoms with Gasteiger partial charge in [-0.2, -0.15) is 0 Å². The molecule has 8 heteroatoms. The number of benzene rings is 1. The van der Waals surface area contributed by atoms with Gasteiger partial charge in [-0.05, 0) is 49.4 Å². The molecule has 2 N–H and O–H groups in total. The van der Waals surface area contributed by atoms with Crippen LogP contribution in [0.1, 0.15) is 44.1 Å². The first-order valence-electron chi connectivity index (χ1n) is 9.91. The van der Waals surface area contributed by atoms with Crippen LogP contribution in [0.2, 0.25) is 0 Å². The van der Waals surface area contributed by atoms with Crippen LogP contribution in [0.4, 0.5) is 0 Å². The summed E-state index contributed by atoms with van der Waals surface area (Å²) in [4.78, 5) is 12.2. The zero-order chi connectivity index (χ0) is 20.4. The van der Waals surface area contributed by atoms with Gasteiger partial charge in [0.25, 0.3) is 0 Å². The average Bonchev–Trinajstić information content (AvgIpc) is 2.67. The van der Waals surface area contributed by atoms with Gasteiger partial charge in [-0.1, -0.05) is 19.3 Å². The SMILES string of the molecule is COCCOc1ccc(S(=O)(=O)NCCNC(=O)CC2CCCCC2)cc1C. The van der Waals surface area contributed by atoms with Crippen molar-refractivity contribution in [2.24, 2.45) is 5.92 Å². The summed E-state index contributed by atoms with van der Waals surface area (Å²) in [6, 6.07) is 4.73. The van der Waals surface area contributed by atoms with E-state index in [-0.39, 0.29) is 23.9 Å². The molecule has 1 aromatic rings. The van der Waals surface area contributed by atoms with Gasteiger partial charge in [0.15, 0.2) is 0 Å². The second kappa shape index (κ2) is 11.4. The second-order valence-corrected chi connectivity index (χ2v) is 8.99. The molecular weight excluding hydrogens is 380 g/mol. The van der Waals surface area contributed by atoms with Crippen LogP contribution in [0.5, 0.6) is 5.75 Å². The molecule has 0 radical (unpaired) electrons. The van der Waals surface area contributed by atoms with Gasteiger partial charge in [0.05, 0.1) is 11.5 Å². The summed E-state index contributed by atoms with van der Waals surface area (Å²) in [6.45, 7) is 3.11. The number of aryl methyl sites for hydroxylation is 1. The molecule has 0 spiro atoms. The van der Waals surface area contributed by atoms with E-state index in [0.29, 0.717) is 31.3 Å². The third-order valence-corrected chi connectivity index (χ3v) is 6.40. The molecule has 1 saturated carbocycles. The Morgan fingerprint density at radius 1 is 1.14 bits per heavy atom. The van der Waals surface area contributed by atoms with Crippen molar-refractivity contribution in [3.05, 3.63) is 23.8 Å². The van der Waals surface area contributed by atoms with Crippen molar-refractivity contribution in [1.82, 2.24) is 10.0 Å². The summed E-state index contributed by atoms with van der Waals surface area (Å²) in [5.74, 6) is 1.10. The normalized spacial score (nSPS) is 15.4. The van der Waals surface area contributed by atoms with Crippen molar-refractivity contribution < 1.29 is 22.7 Å². The number of nitrogens with one attached hydrogen (secondary N) is 2. The van der Waals surface area contributed by atoms with E-state index in [4.69, 9.17) is 9.47 Å². The Labute approximate surface area is 168 Å². The van der Waals surface area contributed by atoms with Gasteiger partial charge >= 0.3 is 0 Å². The lowest BCUT2D eigenvalue weighted by Gasteiger charge is -2.20. The zero-order valence-electron chi connectivity index (χ0n) is 16.8. The van der Waals surface area contributed by atoms with Crippen molar-refractivity contribution in [3.63, 3.8) is 0 Å². The lowest BCUT2D eigenvalue weighted by molar-refractivity contribution is -0.122. The Balaban J connectivity index is 1.76. The monoisotopic (exact) mass is 412 g/mol. The van der Waals surface area contributed by atoms with E-state index in [1.54, 1.807) is 26.2 Å². The molecule has 158 valence electrons. The van der Waals surface area contributed by atoms with Gasteiger partial charge in [0.1, 0.15) is 12.4 Å². The van der Waals surface area contributed by atoms with E-state index in [9.17, 15) is 13.2 Å². The molecule has 0 aromatic heterocycles. The highest BCUT2D eigenvalue weighted by Crippen LogP contribution is 2.26. The van der Waals surface area contributed by atoms with Gasteiger partial charge < -0.3 is 14.8 Å². The van der Waals surface area contributed by atoms with Crippen LogP contribution in [0.25, 0.3) is 0 Å². The van der Waals surface area contributed by atoms with E-state index in [1.165, 1.54) is 25.3 Å². The molecule has 0 aliphatic heterocycles. The molecule has 0 atom stereocenters. The van der Waals surface area contributed by atoms with Gasteiger partial charge in [0, 0.05) is 26.6 Å². The lowest BCUT2D eigenvalue weighted by Crippen LogP contribution is -2.35. The number of methoxy groups -OCH3 is 1. The predicted octanol–water partition coefficient (Wildman–Crippen LogP) is 2.39. The predicted molar refractivity (Wildman–Crippen MR) is 108 cm³/mol. The fraction of sp³-hybridized carbons (Fsp3) is 0.650. The average molecular weight is 413 g/mol. The molecule has 1 fully saturated rings.